The highest BCUT2D eigenvalue weighted by Crippen LogP contribution is 2.28. The van der Waals surface area contributed by atoms with Gasteiger partial charge in [-0.1, -0.05) is 35.9 Å². The molecule has 1 fully saturated rings. The van der Waals surface area contributed by atoms with Crippen LogP contribution < -0.4 is 4.90 Å². The number of hydrogen-bond acceptors (Lipinski definition) is 5. The van der Waals surface area contributed by atoms with Crippen LogP contribution in [0.5, 0.6) is 0 Å². The highest BCUT2D eigenvalue weighted by Gasteiger charge is 2.23. The zero-order valence-electron chi connectivity index (χ0n) is 19.3. The molecule has 0 unspecified atom stereocenters. The van der Waals surface area contributed by atoms with E-state index in [0.717, 1.165) is 59.7 Å². The molecule has 33 heavy (non-hydrogen) atoms. The fraction of sp³-hybridized carbons (Fsp3) is 0.308. The third-order valence-corrected chi connectivity index (χ3v) is 6.20. The van der Waals surface area contributed by atoms with Crippen molar-refractivity contribution < 1.29 is 4.79 Å². The zero-order chi connectivity index (χ0) is 22.9. The quantitative estimate of drug-likeness (QED) is 0.480. The van der Waals surface area contributed by atoms with Crippen molar-refractivity contribution in [2.45, 2.75) is 27.2 Å². The number of anilines is 1. The molecule has 1 saturated heterocycles. The Kier molecular flexibility index (Phi) is 5.54. The monoisotopic (exact) mass is 440 g/mol. The summed E-state index contributed by atoms with van der Waals surface area (Å²) in [5.41, 5.74) is 4.95. The van der Waals surface area contributed by atoms with Gasteiger partial charge >= 0.3 is 0 Å². The van der Waals surface area contributed by atoms with E-state index in [4.69, 9.17) is 9.97 Å². The van der Waals surface area contributed by atoms with Crippen molar-refractivity contribution in [3.63, 3.8) is 0 Å². The molecule has 4 aromatic rings. The smallest absolute Gasteiger partial charge is 0.253 e. The van der Waals surface area contributed by atoms with E-state index in [1.54, 1.807) is 0 Å². The Hall–Kier alpha value is -3.74. The summed E-state index contributed by atoms with van der Waals surface area (Å²) in [7, 11) is 0. The first kappa shape index (κ1) is 21.1. The van der Waals surface area contributed by atoms with Gasteiger partial charge < -0.3 is 9.80 Å². The lowest BCUT2D eigenvalue weighted by Gasteiger charge is -2.23. The maximum atomic E-state index is 12.9. The van der Waals surface area contributed by atoms with E-state index < -0.39 is 0 Å². The number of amides is 1. The van der Waals surface area contributed by atoms with E-state index in [0.29, 0.717) is 12.4 Å². The molecular formula is C26H28N6O. The van der Waals surface area contributed by atoms with Gasteiger partial charge in [-0.15, -0.1) is 0 Å². The van der Waals surface area contributed by atoms with Gasteiger partial charge in [-0.3, -0.25) is 4.79 Å². The summed E-state index contributed by atoms with van der Waals surface area (Å²) < 4.78 is 1.91. The second-order valence-electron chi connectivity index (χ2n) is 8.68. The molecule has 1 amide bonds. The van der Waals surface area contributed by atoms with Gasteiger partial charge in [0.15, 0.2) is 5.65 Å². The van der Waals surface area contributed by atoms with E-state index in [2.05, 4.69) is 42.0 Å². The van der Waals surface area contributed by atoms with Gasteiger partial charge in [0.2, 0.25) is 0 Å². The molecule has 3 heterocycles. The van der Waals surface area contributed by atoms with Crippen LogP contribution in [0.2, 0.25) is 0 Å². The maximum Gasteiger partial charge on any atom is 0.253 e. The number of carbonyl (C=O) groups is 1. The average Bonchev–Trinajstić information content (AvgIpc) is 3.07. The van der Waals surface area contributed by atoms with E-state index in [1.165, 1.54) is 5.56 Å². The van der Waals surface area contributed by atoms with Crippen LogP contribution in [0.4, 0.5) is 5.82 Å². The number of rotatable bonds is 3. The molecule has 2 aromatic heterocycles. The molecule has 0 bridgehead atoms. The molecule has 7 heteroatoms. The van der Waals surface area contributed by atoms with Gasteiger partial charge in [-0.05, 0) is 51.0 Å². The minimum atomic E-state index is 0.0872. The molecule has 0 radical (unpaired) electrons. The molecule has 1 aliphatic heterocycles. The first-order valence-electron chi connectivity index (χ1n) is 11.4. The van der Waals surface area contributed by atoms with Gasteiger partial charge in [0, 0.05) is 31.7 Å². The molecule has 168 valence electrons. The summed E-state index contributed by atoms with van der Waals surface area (Å²) in [6, 6.07) is 15.8. The largest absolute Gasteiger partial charge is 0.354 e. The topological polar surface area (TPSA) is 67.2 Å². The molecule has 0 spiro atoms. The van der Waals surface area contributed by atoms with E-state index in [-0.39, 0.29) is 5.91 Å². The molecule has 1 aliphatic rings. The van der Waals surface area contributed by atoms with Gasteiger partial charge in [0.05, 0.1) is 17.3 Å². The van der Waals surface area contributed by atoms with Gasteiger partial charge in [0.25, 0.3) is 5.91 Å². The van der Waals surface area contributed by atoms with Crippen molar-refractivity contribution in [3.8, 4) is 5.69 Å². The fourth-order valence-corrected chi connectivity index (χ4v) is 4.56. The van der Waals surface area contributed by atoms with Crippen molar-refractivity contribution in [3.05, 3.63) is 77.2 Å². The molecule has 5 rings (SSSR count). The number of hydrogen-bond donors (Lipinski definition) is 0. The van der Waals surface area contributed by atoms with Gasteiger partial charge in [-0.25, -0.2) is 14.6 Å². The summed E-state index contributed by atoms with van der Waals surface area (Å²) >= 11 is 0. The Bertz CT molecular complexity index is 1310. The first-order chi connectivity index (χ1) is 16.0. The Morgan fingerprint density at radius 3 is 2.52 bits per heavy atom. The van der Waals surface area contributed by atoms with E-state index in [1.807, 2.05) is 53.0 Å². The van der Waals surface area contributed by atoms with Crippen molar-refractivity contribution in [1.29, 1.82) is 0 Å². The van der Waals surface area contributed by atoms with Crippen LogP contribution in [-0.2, 0) is 0 Å². The van der Waals surface area contributed by atoms with Gasteiger partial charge in [0.1, 0.15) is 11.6 Å². The Morgan fingerprint density at radius 1 is 0.909 bits per heavy atom. The molecule has 0 N–H and O–H groups in total. The number of nitrogens with zero attached hydrogens (tertiary/aromatic N) is 6. The predicted octanol–water partition coefficient (Wildman–Crippen LogP) is 4.09. The fourth-order valence-electron chi connectivity index (χ4n) is 4.56. The Morgan fingerprint density at radius 2 is 1.73 bits per heavy atom. The van der Waals surface area contributed by atoms with Crippen LogP contribution in [0.25, 0.3) is 16.7 Å². The standard InChI is InChI=1S/C26H28N6O/c1-18-10-11-23(19(2)16-18)32-25-22(17-27-32)24(28-20(3)29-25)30-12-7-13-31(15-14-30)26(33)21-8-5-4-6-9-21/h4-6,8-11,16-17H,7,12-15H2,1-3H3. The lowest BCUT2D eigenvalue weighted by atomic mass is 10.1. The SMILES string of the molecule is Cc1ccc(-n2ncc3c(N4CCCN(C(=O)c5ccccc5)CC4)nc(C)nc32)c(C)c1. The highest BCUT2D eigenvalue weighted by atomic mass is 16.2. The highest BCUT2D eigenvalue weighted by molar-refractivity contribution is 5.94. The van der Waals surface area contributed by atoms with Crippen molar-refractivity contribution in [2.75, 3.05) is 31.1 Å². The number of benzene rings is 2. The minimum Gasteiger partial charge on any atom is -0.354 e. The van der Waals surface area contributed by atoms with Gasteiger partial charge in [-0.2, -0.15) is 5.10 Å². The molecular weight excluding hydrogens is 412 g/mol. The third-order valence-electron chi connectivity index (χ3n) is 6.20. The normalized spacial score (nSPS) is 14.5. The summed E-state index contributed by atoms with van der Waals surface area (Å²) in [6.07, 6.45) is 2.75. The minimum absolute atomic E-state index is 0.0872. The third kappa shape index (κ3) is 4.06. The van der Waals surface area contributed by atoms with Crippen LogP contribution in [-0.4, -0.2) is 56.7 Å². The van der Waals surface area contributed by atoms with Crippen LogP contribution in [0.1, 0.15) is 33.7 Å². The summed E-state index contributed by atoms with van der Waals surface area (Å²) in [5, 5.41) is 5.62. The lowest BCUT2D eigenvalue weighted by molar-refractivity contribution is 0.0767. The molecule has 7 nitrogen and oxygen atoms in total. The van der Waals surface area contributed by atoms with Crippen LogP contribution in [0, 0.1) is 20.8 Å². The summed E-state index contributed by atoms with van der Waals surface area (Å²) in [5.74, 6) is 1.69. The van der Waals surface area contributed by atoms with Crippen LogP contribution in [0.3, 0.4) is 0 Å². The van der Waals surface area contributed by atoms with Crippen molar-refractivity contribution in [2.24, 2.45) is 0 Å². The summed E-state index contributed by atoms with van der Waals surface area (Å²) in [4.78, 5) is 26.7. The van der Waals surface area contributed by atoms with Crippen molar-refractivity contribution in [1.82, 2.24) is 24.6 Å². The van der Waals surface area contributed by atoms with E-state index >= 15 is 0 Å². The molecule has 0 atom stereocenters. The zero-order valence-corrected chi connectivity index (χ0v) is 19.3. The Labute approximate surface area is 193 Å². The second kappa shape index (κ2) is 8.65. The van der Waals surface area contributed by atoms with Crippen LogP contribution >= 0.6 is 0 Å². The number of aromatic nitrogens is 4. The summed E-state index contributed by atoms with van der Waals surface area (Å²) in [6.45, 7) is 9.05. The average molecular weight is 441 g/mol. The Balaban J connectivity index is 1.45. The molecule has 0 aliphatic carbocycles. The molecule has 2 aromatic carbocycles. The number of fused-ring (bicyclic) bond motifs is 1. The van der Waals surface area contributed by atoms with Crippen LogP contribution in [0.15, 0.2) is 54.7 Å². The number of aryl methyl sites for hydroxylation is 3. The van der Waals surface area contributed by atoms with E-state index in [9.17, 15) is 4.79 Å². The second-order valence-corrected chi connectivity index (χ2v) is 8.68. The lowest BCUT2D eigenvalue weighted by Crippen LogP contribution is -2.35. The van der Waals surface area contributed by atoms with Crippen molar-refractivity contribution >= 4 is 22.8 Å². The maximum absolute atomic E-state index is 12.9. The molecule has 0 saturated carbocycles. The predicted molar refractivity (Wildman–Crippen MR) is 130 cm³/mol. The first-order valence-corrected chi connectivity index (χ1v) is 11.4. The number of carbonyl (C=O) groups excluding carboxylic acids is 1.